The lowest BCUT2D eigenvalue weighted by atomic mass is 9.98. The van der Waals surface area contributed by atoms with Gasteiger partial charge in [-0.3, -0.25) is 28.8 Å². The normalized spacial score (nSPS) is 18.7. The molecule has 6 amide bonds. The fraction of sp³-hybridized carbons (Fsp3) is 0.708. The molecule has 6 unspecified atom stereocenters. The zero-order chi connectivity index (χ0) is 29.9. The van der Waals surface area contributed by atoms with Gasteiger partial charge in [-0.1, -0.05) is 20.3 Å². The maximum absolute atomic E-state index is 13.2. The van der Waals surface area contributed by atoms with E-state index in [0.29, 0.717) is 19.3 Å². The van der Waals surface area contributed by atoms with E-state index < -0.39 is 71.6 Å². The van der Waals surface area contributed by atoms with Gasteiger partial charge in [0, 0.05) is 19.4 Å². The van der Waals surface area contributed by atoms with Crippen LogP contribution in [0.1, 0.15) is 65.7 Å². The number of primary amides is 2. The molecule has 0 aromatic rings. The zero-order valence-corrected chi connectivity index (χ0v) is 22.6. The van der Waals surface area contributed by atoms with Gasteiger partial charge in [-0.05, 0) is 38.5 Å². The Morgan fingerprint density at radius 1 is 0.923 bits per heavy atom. The molecule has 1 aliphatic rings. The quantitative estimate of drug-likeness (QED) is 0.105. The molecule has 220 valence electrons. The Labute approximate surface area is 226 Å². The molecule has 1 fully saturated rings. The van der Waals surface area contributed by atoms with Gasteiger partial charge in [0.1, 0.15) is 24.2 Å². The number of hydrogen-bond acceptors (Lipinski definition) is 8. The Bertz CT molecular complexity index is 943. The Balaban J connectivity index is 2.90. The Kier molecular flexibility index (Phi) is 13.3. The van der Waals surface area contributed by atoms with E-state index in [4.69, 9.17) is 17.2 Å². The largest absolute Gasteiger partial charge is 0.480 e. The maximum atomic E-state index is 13.2. The molecule has 1 saturated heterocycles. The van der Waals surface area contributed by atoms with Crippen LogP contribution in [-0.2, 0) is 33.6 Å². The number of carboxylic acid groups (broad SMARTS) is 1. The molecule has 10 N–H and O–H groups in total. The average molecular weight is 556 g/mol. The summed E-state index contributed by atoms with van der Waals surface area (Å²) in [6, 6.07) is -5.54. The predicted molar refractivity (Wildman–Crippen MR) is 138 cm³/mol. The smallest absolute Gasteiger partial charge is 0.326 e. The lowest BCUT2D eigenvalue weighted by Gasteiger charge is -2.29. The van der Waals surface area contributed by atoms with Gasteiger partial charge < -0.3 is 43.2 Å². The molecule has 1 heterocycles. The number of nitrogens with two attached hydrogens (primary N) is 3. The van der Waals surface area contributed by atoms with Crippen LogP contribution in [0.25, 0.3) is 0 Å². The molecular weight excluding hydrogens is 514 g/mol. The Hall–Kier alpha value is -3.75. The summed E-state index contributed by atoms with van der Waals surface area (Å²) in [7, 11) is 0. The first-order valence-corrected chi connectivity index (χ1v) is 13.0. The zero-order valence-electron chi connectivity index (χ0n) is 22.6. The molecule has 0 aromatic carbocycles. The topological polar surface area (TPSA) is 257 Å². The molecule has 0 bridgehead atoms. The standard InChI is InChI=1S/C24H41N7O8/c1-4-12(2)19(24(38)39)30-22(36)16-6-5-11-31(16)23(37)13(3)28-21(35)15(8-10-18(27)33)29-20(34)14(25)7-9-17(26)32/h12-16,19H,4-11,25H2,1-3H3,(H2,26,32)(H2,27,33)(H,28,35)(H,29,34)(H,30,36)(H,38,39). The van der Waals surface area contributed by atoms with Crippen LogP contribution in [0.3, 0.4) is 0 Å². The number of carboxylic acids is 1. The summed E-state index contributed by atoms with van der Waals surface area (Å²) in [5, 5.41) is 16.9. The summed E-state index contributed by atoms with van der Waals surface area (Å²) < 4.78 is 0. The lowest BCUT2D eigenvalue weighted by molar-refractivity contribution is -0.146. The summed E-state index contributed by atoms with van der Waals surface area (Å²) in [6.07, 6.45) is 0.740. The van der Waals surface area contributed by atoms with Crippen molar-refractivity contribution in [3.05, 3.63) is 0 Å². The van der Waals surface area contributed by atoms with Crippen molar-refractivity contribution in [1.29, 1.82) is 0 Å². The molecule has 15 heteroatoms. The first kappa shape index (κ1) is 33.3. The molecule has 6 atom stereocenters. The molecule has 0 aliphatic carbocycles. The van der Waals surface area contributed by atoms with E-state index in [-0.39, 0.29) is 38.1 Å². The highest BCUT2D eigenvalue weighted by Crippen LogP contribution is 2.20. The fourth-order valence-corrected chi connectivity index (χ4v) is 4.12. The summed E-state index contributed by atoms with van der Waals surface area (Å²) in [6.45, 7) is 5.13. The van der Waals surface area contributed by atoms with Crippen molar-refractivity contribution in [2.75, 3.05) is 6.54 Å². The van der Waals surface area contributed by atoms with E-state index >= 15 is 0 Å². The molecule has 0 saturated carbocycles. The van der Waals surface area contributed by atoms with Crippen LogP contribution in [0, 0.1) is 5.92 Å². The monoisotopic (exact) mass is 555 g/mol. The number of carbonyl (C=O) groups excluding carboxylic acids is 6. The summed E-state index contributed by atoms with van der Waals surface area (Å²) in [5.74, 6) is -5.58. The number of nitrogens with one attached hydrogen (secondary N) is 3. The van der Waals surface area contributed by atoms with E-state index in [1.54, 1.807) is 13.8 Å². The third-order valence-corrected chi connectivity index (χ3v) is 6.70. The maximum Gasteiger partial charge on any atom is 0.326 e. The second kappa shape index (κ2) is 15.6. The number of carbonyl (C=O) groups is 7. The van der Waals surface area contributed by atoms with Gasteiger partial charge in [-0.15, -0.1) is 0 Å². The number of rotatable bonds is 16. The number of aliphatic carboxylic acids is 1. The Morgan fingerprint density at radius 3 is 2.05 bits per heavy atom. The minimum Gasteiger partial charge on any atom is -0.480 e. The van der Waals surface area contributed by atoms with Gasteiger partial charge in [-0.2, -0.15) is 0 Å². The van der Waals surface area contributed by atoms with Crippen molar-refractivity contribution in [3.63, 3.8) is 0 Å². The molecule has 0 radical (unpaired) electrons. The van der Waals surface area contributed by atoms with E-state index in [0.717, 1.165) is 0 Å². The van der Waals surface area contributed by atoms with E-state index in [1.165, 1.54) is 11.8 Å². The van der Waals surface area contributed by atoms with E-state index in [9.17, 15) is 38.7 Å². The van der Waals surface area contributed by atoms with Crippen molar-refractivity contribution in [1.82, 2.24) is 20.9 Å². The second-order valence-electron chi connectivity index (χ2n) is 9.81. The Morgan fingerprint density at radius 2 is 1.51 bits per heavy atom. The van der Waals surface area contributed by atoms with Crippen molar-refractivity contribution >= 4 is 41.4 Å². The first-order chi connectivity index (χ1) is 18.2. The summed E-state index contributed by atoms with van der Waals surface area (Å²) in [4.78, 5) is 86.5. The van der Waals surface area contributed by atoms with Gasteiger partial charge in [-0.25, -0.2) is 4.79 Å². The molecule has 1 rings (SSSR count). The average Bonchev–Trinajstić information content (AvgIpc) is 3.36. The number of hydrogen-bond donors (Lipinski definition) is 7. The highest BCUT2D eigenvalue weighted by atomic mass is 16.4. The van der Waals surface area contributed by atoms with Crippen LogP contribution in [-0.4, -0.2) is 88.2 Å². The SMILES string of the molecule is CCC(C)C(NC(=O)C1CCCN1C(=O)C(C)NC(=O)C(CCC(N)=O)NC(=O)C(N)CCC(N)=O)C(=O)O. The van der Waals surface area contributed by atoms with Crippen LogP contribution in [0.2, 0.25) is 0 Å². The van der Waals surface area contributed by atoms with Gasteiger partial charge >= 0.3 is 5.97 Å². The van der Waals surface area contributed by atoms with Crippen molar-refractivity contribution < 1.29 is 38.7 Å². The van der Waals surface area contributed by atoms with Gasteiger partial charge in [0.25, 0.3) is 0 Å². The van der Waals surface area contributed by atoms with Gasteiger partial charge in [0.2, 0.25) is 35.4 Å². The minimum atomic E-state index is -1.26. The molecule has 0 aromatic heterocycles. The third-order valence-electron chi connectivity index (χ3n) is 6.70. The molecule has 0 spiro atoms. The summed E-state index contributed by atoms with van der Waals surface area (Å²) >= 11 is 0. The van der Waals surface area contributed by atoms with Gasteiger partial charge in [0.05, 0.1) is 6.04 Å². The number of amides is 6. The van der Waals surface area contributed by atoms with Crippen LogP contribution in [0.5, 0.6) is 0 Å². The van der Waals surface area contributed by atoms with Crippen LogP contribution in [0.15, 0.2) is 0 Å². The number of nitrogens with zero attached hydrogens (tertiary/aromatic N) is 1. The summed E-state index contributed by atoms with van der Waals surface area (Å²) in [5.41, 5.74) is 16.0. The fourth-order valence-electron chi connectivity index (χ4n) is 4.12. The minimum absolute atomic E-state index is 0.0571. The van der Waals surface area contributed by atoms with Crippen LogP contribution < -0.4 is 33.2 Å². The molecular formula is C24H41N7O8. The van der Waals surface area contributed by atoms with Crippen LogP contribution >= 0.6 is 0 Å². The van der Waals surface area contributed by atoms with Crippen LogP contribution in [0.4, 0.5) is 0 Å². The molecule has 39 heavy (non-hydrogen) atoms. The van der Waals surface area contributed by atoms with Gasteiger partial charge in [0.15, 0.2) is 0 Å². The van der Waals surface area contributed by atoms with Crippen molar-refractivity contribution in [3.8, 4) is 0 Å². The first-order valence-electron chi connectivity index (χ1n) is 13.0. The molecule has 15 nitrogen and oxygen atoms in total. The third kappa shape index (κ3) is 10.5. The molecule has 1 aliphatic heterocycles. The van der Waals surface area contributed by atoms with Crippen molar-refractivity contribution in [2.45, 2.75) is 95.9 Å². The predicted octanol–water partition coefficient (Wildman–Crippen LogP) is -2.56. The number of likely N-dealkylation sites (tertiary alicyclic amines) is 1. The van der Waals surface area contributed by atoms with Crippen molar-refractivity contribution in [2.24, 2.45) is 23.1 Å². The highest BCUT2D eigenvalue weighted by molar-refractivity contribution is 5.95. The van der Waals surface area contributed by atoms with E-state index in [1.807, 2.05) is 0 Å². The highest BCUT2D eigenvalue weighted by Gasteiger charge is 2.39. The van der Waals surface area contributed by atoms with E-state index in [2.05, 4.69) is 16.0 Å². The second-order valence-corrected chi connectivity index (χ2v) is 9.81. The lowest BCUT2D eigenvalue weighted by Crippen LogP contribution is -2.58.